The number of thiophene rings is 1. The summed E-state index contributed by atoms with van der Waals surface area (Å²) in [7, 11) is 0. The zero-order valence-corrected chi connectivity index (χ0v) is 13.4. The predicted octanol–water partition coefficient (Wildman–Crippen LogP) is 3.16. The number of alkyl halides is 3. The van der Waals surface area contributed by atoms with E-state index in [4.69, 9.17) is 5.11 Å². The molecule has 0 unspecified atom stereocenters. The van der Waals surface area contributed by atoms with Crippen LogP contribution in [0.1, 0.15) is 31.9 Å². The summed E-state index contributed by atoms with van der Waals surface area (Å²) in [5.41, 5.74) is 0.662. The highest BCUT2D eigenvalue weighted by atomic mass is 32.1. The van der Waals surface area contributed by atoms with Crippen LogP contribution in [0.5, 0.6) is 0 Å². The number of fused-ring (bicyclic) bond motifs is 1. The molecule has 8 heteroatoms. The standard InChI is InChI=1S/C16H15F3N2O2S/c17-16(18,19)10-3-9(7-22)4-11(5-10)21-15(23)13-8-24-14-6-20-2-1-12(13)14/h3-5,8,20,22H,1-2,6-7H2,(H,21,23). The van der Waals surface area contributed by atoms with Gasteiger partial charge in [0.05, 0.1) is 17.7 Å². The summed E-state index contributed by atoms with van der Waals surface area (Å²) in [6, 6.07) is 3.08. The van der Waals surface area contributed by atoms with Crippen molar-refractivity contribution in [1.29, 1.82) is 0 Å². The Labute approximate surface area is 140 Å². The lowest BCUT2D eigenvalue weighted by Gasteiger charge is -2.15. The maximum Gasteiger partial charge on any atom is 0.416 e. The fourth-order valence-electron chi connectivity index (χ4n) is 2.67. The maximum atomic E-state index is 12.9. The van der Waals surface area contributed by atoms with E-state index in [0.717, 1.165) is 29.1 Å². The molecular formula is C16H15F3N2O2S. The first kappa shape index (κ1) is 16.9. The molecule has 0 aliphatic carbocycles. The Morgan fingerprint density at radius 1 is 1.33 bits per heavy atom. The number of carbonyl (C=O) groups is 1. The molecule has 0 saturated heterocycles. The van der Waals surface area contributed by atoms with Gasteiger partial charge in [0.2, 0.25) is 0 Å². The molecule has 1 aliphatic heterocycles. The predicted molar refractivity (Wildman–Crippen MR) is 85.0 cm³/mol. The van der Waals surface area contributed by atoms with Gasteiger partial charge in [-0.15, -0.1) is 11.3 Å². The summed E-state index contributed by atoms with van der Waals surface area (Å²) >= 11 is 1.46. The number of benzene rings is 1. The fourth-order valence-corrected chi connectivity index (χ4v) is 3.72. The number of hydrogen-bond acceptors (Lipinski definition) is 4. The number of anilines is 1. The second-order valence-corrected chi connectivity index (χ2v) is 6.47. The second kappa shape index (κ2) is 6.54. The Bertz CT molecular complexity index is 771. The van der Waals surface area contributed by atoms with Gasteiger partial charge >= 0.3 is 6.18 Å². The van der Waals surface area contributed by atoms with Crippen LogP contribution in [0.15, 0.2) is 23.6 Å². The van der Waals surface area contributed by atoms with Crippen molar-refractivity contribution in [3.63, 3.8) is 0 Å². The van der Waals surface area contributed by atoms with Crippen molar-refractivity contribution in [2.75, 3.05) is 11.9 Å². The SMILES string of the molecule is O=C(Nc1cc(CO)cc(C(F)(F)F)c1)c1csc2c1CCNC2. The zero-order valence-electron chi connectivity index (χ0n) is 12.5. The third kappa shape index (κ3) is 3.45. The Kier molecular flexibility index (Phi) is 4.62. The summed E-state index contributed by atoms with van der Waals surface area (Å²) in [4.78, 5) is 13.5. The van der Waals surface area contributed by atoms with Crippen LogP contribution in [0.2, 0.25) is 0 Å². The molecular weight excluding hydrogens is 341 g/mol. The maximum absolute atomic E-state index is 12.9. The number of halogens is 3. The molecule has 0 fully saturated rings. The van der Waals surface area contributed by atoms with Crippen molar-refractivity contribution in [3.05, 3.63) is 50.7 Å². The zero-order chi connectivity index (χ0) is 17.3. The summed E-state index contributed by atoms with van der Waals surface area (Å²) in [6.45, 7) is 0.931. The van der Waals surface area contributed by atoms with Gasteiger partial charge < -0.3 is 15.7 Å². The van der Waals surface area contributed by atoms with E-state index in [-0.39, 0.29) is 11.3 Å². The van der Waals surface area contributed by atoms with Crippen LogP contribution in [0.3, 0.4) is 0 Å². The Balaban J connectivity index is 1.88. The smallest absolute Gasteiger partial charge is 0.392 e. The van der Waals surface area contributed by atoms with Gasteiger partial charge in [0.1, 0.15) is 0 Å². The van der Waals surface area contributed by atoms with Crippen molar-refractivity contribution in [3.8, 4) is 0 Å². The molecule has 1 aromatic heterocycles. The number of amides is 1. The van der Waals surface area contributed by atoms with Crippen LogP contribution < -0.4 is 10.6 Å². The van der Waals surface area contributed by atoms with Gasteiger partial charge in [-0.25, -0.2) is 0 Å². The molecule has 2 aromatic rings. The normalized spacial score (nSPS) is 14.3. The van der Waals surface area contributed by atoms with Crippen LogP contribution >= 0.6 is 11.3 Å². The lowest BCUT2D eigenvalue weighted by atomic mass is 10.0. The third-order valence-electron chi connectivity index (χ3n) is 3.82. The molecule has 2 heterocycles. The van der Waals surface area contributed by atoms with E-state index >= 15 is 0 Å². The minimum atomic E-state index is -4.54. The molecule has 0 saturated carbocycles. The lowest BCUT2D eigenvalue weighted by Crippen LogP contribution is -2.24. The van der Waals surface area contributed by atoms with Crippen molar-refractivity contribution in [1.82, 2.24) is 5.32 Å². The van der Waals surface area contributed by atoms with Crippen LogP contribution in [0.4, 0.5) is 18.9 Å². The third-order valence-corrected chi connectivity index (χ3v) is 4.85. The van der Waals surface area contributed by atoms with Crippen LogP contribution in [-0.4, -0.2) is 17.6 Å². The molecule has 1 amide bonds. The molecule has 0 spiro atoms. The Morgan fingerprint density at radius 3 is 2.83 bits per heavy atom. The largest absolute Gasteiger partial charge is 0.416 e. The molecule has 3 N–H and O–H groups in total. The average molecular weight is 356 g/mol. The van der Waals surface area contributed by atoms with Crippen molar-refractivity contribution in [2.24, 2.45) is 0 Å². The monoisotopic (exact) mass is 356 g/mol. The number of nitrogens with one attached hydrogen (secondary N) is 2. The van der Waals surface area contributed by atoms with Gasteiger partial charge in [-0.2, -0.15) is 13.2 Å². The fraction of sp³-hybridized carbons (Fsp3) is 0.312. The highest BCUT2D eigenvalue weighted by Gasteiger charge is 2.31. The van der Waals surface area contributed by atoms with E-state index in [1.807, 2.05) is 0 Å². The summed E-state index contributed by atoms with van der Waals surface area (Å²) in [6.07, 6.45) is -3.83. The van der Waals surface area contributed by atoms with E-state index in [1.165, 1.54) is 17.4 Å². The van der Waals surface area contributed by atoms with E-state index in [9.17, 15) is 18.0 Å². The first-order chi connectivity index (χ1) is 11.4. The van der Waals surface area contributed by atoms with Gasteiger partial charge in [0.15, 0.2) is 0 Å². The highest BCUT2D eigenvalue weighted by Crippen LogP contribution is 2.32. The summed E-state index contributed by atoms with van der Waals surface area (Å²) in [5.74, 6) is -0.433. The van der Waals surface area contributed by atoms with Gasteiger partial charge in [-0.05, 0) is 42.3 Å². The molecule has 1 aromatic carbocycles. The van der Waals surface area contributed by atoms with E-state index in [2.05, 4.69) is 10.6 Å². The first-order valence-corrected chi connectivity index (χ1v) is 8.20. The van der Waals surface area contributed by atoms with Crippen LogP contribution in [-0.2, 0) is 25.7 Å². The minimum absolute atomic E-state index is 0.0211. The number of carbonyl (C=O) groups excluding carboxylic acids is 1. The van der Waals surface area contributed by atoms with Gasteiger partial charge in [0.25, 0.3) is 5.91 Å². The molecule has 0 bridgehead atoms. The molecule has 4 nitrogen and oxygen atoms in total. The quantitative estimate of drug-likeness (QED) is 0.792. The molecule has 1 aliphatic rings. The van der Waals surface area contributed by atoms with Gasteiger partial charge in [-0.3, -0.25) is 4.79 Å². The number of aliphatic hydroxyl groups is 1. The number of rotatable bonds is 3. The summed E-state index contributed by atoms with van der Waals surface area (Å²) in [5, 5.41) is 16.6. The van der Waals surface area contributed by atoms with Gasteiger partial charge in [-0.1, -0.05) is 0 Å². The first-order valence-electron chi connectivity index (χ1n) is 7.32. The van der Waals surface area contributed by atoms with E-state index in [1.54, 1.807) is 5.38 Å². The minimum Gasteiger partial charge on any atom is -0.392 e. The second-order valence-electron chi connectivity index (χ2n) is 5.51. The molecule has 128 valence electrons. The number of hydrogen-bond donors (Lipinski definition) is 3. The van der Waals surface area contributed by atoms with Crippen molar-refractivity contribution < 1.29 is 23.1 Å². The molecule has 0 atom stereocenters. The van der Waals surface area contributed by atoms with Crippen molar-refractivity contribution >= 4 is 22.9 Å². The number of aliphatic hydroxyl groups excluding tert-OH is 1. The summed E-state index contributed by atoms with van der Waals surface area (Å²) < 4.78 is 38.8. The molecule has 0 radical (unpaired) electrons. The molecule has 3 rings (SSSR count). The van der Waals surface area contributed by atoms with Crippen molar-refractivity contribution in [2.45, 2.75) is 25.7 Å². The highest BCUT2D eigenvalue weighted by molar-refractivity contribution is 7.10. The Hall–Kier alpha value is -1.90. The lowest BCUT2D eigenvalue weighted by molar-refractivity contribution is -0.137. The van der Waals surface area contributed by atoms with Crippen LogP contribution in [0, 0.1) is 0 Å². The average Bonchev–Trinajstić information content (AvgIpc) is 2.97. The Morgan fingerprint density at radius 2 is 2.12 bits per heavy atom. The van der Waals surface area contributed by atoms with E-state index < -0.39 is 24.3 Å². The topological polar surface area (TPSA) is 61.4 Å². The molecule has 24 heavy (non-hydrogen) atoms. The van der Waals surface area contributed by atoms with E-state index in [0.29, 0.717) is 18.5 Å². The van der Waals surface area contributed by atoms with Crippen LogP contribution in [0.25, 0.3) is 0 Å². The van der Waals surface area contributed by atoms with Gasteiger partial charge in [0, 0.05) is 22.5 Å².